The van der Waals surface area contributed by atoms with E-state index in [1.807, 2.05) is 38.9 Å². The number of amides is 1. The Hall–Kier alpha value is -2.57. The van der Waals surface area contributed by atoms with E-state index in [2.05, 4.69) is 5.32 Å². The van der Waals surface area contributed by atoms with E-state index >= 15 is 0 Å². The summed E-state index contributed by atoms with van der Waals surface area (Å²) in [4.78, 5) is 14.2. The summed E-state index contributed by atoms with van der Waals surface area (Å²) in [5, 5.41) is 3.26. The molecule has 7 heteroatoms. The Kier molecular flexibility index (Phi) is 8.69. The van der Waals surface area contributed by atoms with E-state index in [0.717, 1.165) is 5.56 Å². The highest BCUT2D eigenvalue weighted by molar-refractivity contribution is 6.32. The molecule has 0 saturated carbocycles. The van der Waals surface area contributed by atoms with Gasteiger partial charge in [-0.05, 0) is 69.4 Å². The van der Waals surface area contributed by atoms with Crippen molar-refractivity contribution in [3.63, 3.8) is 0 Å². The molecule has 2 aromatic carbocycles. The Morgan fingerprint density at radius 2 is 2.00 bits per heavy atom. The van der Waals surface area contributed by atoms with Crippen LogP contribution in [-0.4, -0.2) is 44.7 Å². The molecular weight excluding hydrogens is 407 g/mol. The Balaban J connectivity index is 2.07. The van der Waals surface area contributed by atoms with Crippen molar-refractivity contribution in [1.82, 2.24) is 10.2 Å². The number of halogens is 2. The van der Waals surface area contributed by atoms with Gasteiger partial charge in [-0.2, -0.15) is 0 Å². The number of nitrogens with zero attached hydrogens (tertiary/aromatic N) is 1. The summed E-state index contributed by atoms with van der Waals surface area (Å²) in [6.45, 7) is 4.14. The van der Waals surface area contributed by atoms with E-state index in [1.54, 1.807) is 24.3 Å². The van der Waals surface area contributed by atoms with Gasteiger partial charge in [-0.15, -0.1) is 0 Å². The molecule has 0 aromatic heterocycles. The second-order valence-electron chi connectivity index (χ2n) is 7.31. The first kappa shape index (κ1) is 23.7. The molecule has 0 bridgehead atoms. The number of benzene rings is 2. The van der Waals surface area contributed by atoms with Gasteiger partial charge in [0.15, 0.2) is 11.5 Å². The lowest BCUT2D eigenvalue weighted by molar-refractivity contribution is -0.116. The third-order valence-electron chi connectivity index (χ3n) is 4.36. The summed E-state index contributed by atoms with van der Waals surface area (Å²) in [5.74, 6) is 0.395. The minimum absolute atomic E-state index is 0.0497. The third kappa shape index (κ3) is 6.75. The number of nitrogens with one attached hydrogen (secondary N) is 1. The van der Waals surface area contributed by atoms with Crippen LogP contribution >= 0.6 is 11.6 Å². The smallest absolute Gasteiger partial charge is 0.244 e. The largest absolute Gasteiger partial charge is 0.493 e. The van der Waals surface area contributed by atoms with Crippen molar-refractivity contribution < 1.29 is 18.7 Å². The standard InChI is InChI=1S/C23H28ClFN2O3/c1-15(2)30-23-19(24)11-16(12-21(23)29-5)9-10-22(28)26-14-20(27(3)4)17-7-6-8-18(25)13-17/h6-13,15,20H,14H2,1-5H3,(H,26,28)/b10-9+. The van der Waals surface area contributed by atoms with Crippen LogP contribution < -0.4 is 14.8 Å². The van der Waals surface area contributed by atoms with E-state index in [9.17, 15) is 9.18 Å². The van der Waals surface area contributed by atoms with Gasteiger partial charge in [-0.25, -0.2) is 4.39 Å². The van der Waals surface area contributed by atoms with E-state index in [1.165, 1.54) is 25.3 Å². The average Bonchev–Trinajstić information content (AvgIpc) is 2.67. The maximum Gasteiger partial charge on any atom is 0.244 e. The Bertz CT molecular complexity index is 900. The predicted molar refractivity (Wildman–Crippen MR) is 119 cm³/mol. The molecule has 30 heavy (non-hydrogen) atoms. The Morgan fingerprint density at radius 3 is 2.60 bits per heavy atom. The Labute approximate surface area is 182 Å². The fourth-order valence-corrected chi connectivity index (χ4v) is 3.19. The molecule has 162 valence electrons. The number of ether oxygens (including phenoxy) is 2. The molecular formula is C23H28ClFN2O3. The summed E-state index contributed by atoms with van der Waals surface area (Å²) >= 11 is 6.32. The van der Waals surface area contributed by atoms with E-state index in [0.29, 0.717) is 28.6 Å². The van der Waals surface area contributed by atoms with Gasteiger partial charge >= 0.3 is 0 Å². The highest BCUT2D eigenvalue weighted by Gasteiger charge is 2.16. The lowest BCUT2D eigenvalue weighted by atomic mass is 10.1. The molecule has 0 aliphatic carbocycles. The monoisotopic (exact) mass is 434 g/mol. The molecule has 0 aliphatic rings. The fraction of sp³-hybridized carbons (Fsp3) is 0.348. The van der Waals surface area contributed by atoms with Crippen molar-refractivity contribution in [2.75, 3.05) is 27.7 Å². The minimum atomic E-state index is -0.304. The van der Waals surface area contributed by atoms with Crippen LogP contribution in [0.5, 0.6) is 11.5 Å². The molecule has 1 unspecified atom stereocenters. The third-order valence-corrected chi connectivity index (χ3v) is 4.64. The summed E-state index contributed by atoms with van der Waals surface area (Å²) in [7, 11) is 5.30. The number of carbonyl (C=O) groups is 1. The average molecular weight is 435 g/mol. The maximum atomic E-state index is 13.5. The van der Waals surface area contributed by atoms with Crippen LogP contribution in [0.15, 0.2) is 42.5 Å². The van der Waals surface area contributed by atoms with Crippen LogP contribution in [-0.2, 0) is 4.79 Å². The van der Waals surface area contributed by atoms with Gasteiger partial charge in [0.25, 0.3) is 0 Å². The van der Waals surface area contributed by atoms with Crippen molar-refractivity contribution >= 4 is 23.6 Å². The first-order valence-electron chi connectivity index (χ1n) is 9.63. The van der Waals surface area contributed by atoms with Gasteiger partial charge in [0.2, 0.25) is 5.91 Å². The molecule has 1 atom stereocenters. The number of hydrogen-bond donors (Lipinski definition) is 1. The molecule has 1 N–H and O–H groups in total. The SMILES string of the molecule is COc1cc(/C=C/C(=O)NCC(c2cccc(F)c2)N(C)C)cc(Cl)c1OC(C)C. The van der Waals surface area contributed by atoms with Crippen LogP contribution in [0.2, 0.25) is 5.02 Å². The highest BCUT2D eigenvalue weighted by Crippen LogP contribution is 2.37. The molecule has 2 rings (SSSR count). The van der Waals surface area contributed by atoms with Crippen molar-refractivity contribution in [1.29, 1.82) is 0 Å². The second kappa shape index (κ2) is 11.0. The number of carbonyl (C=O) groups excluding carboxylic acids is 1. The molecule has 0 spiro atoms. The molecule has 0 aliphatic heterocycles. The van der Waals surface area contributed by atoms with Crippen molar-refractivity contribution in [3.05, 3.63) is 64.4 Å². The fourth-order valence-electron chi connectivity index (χ4n) is 2.93. The lowest BCUT2D eigenvalue weighted by Gasteiger charge is -2.25. The molecule has 0 fully saturated rings. The lowest BCUT2D eigenvalue weighted by Crippen LogP contribution is -2.33. The highest BCUT2D eigenvalue weighted by atomic mass is 35.5. The Morgan fingerprint density at radius 1 is 1.27 bits per heavy atom. The molecule has 5 nitrogen and oxygen atoms in total. The van der Waals surface area contributed by atoms with Crippen LogP contribution in [0.3, 0.4) is 0 Å². The summed E-state index contributed by atoms with van der Waals surface area (Å²) in [5.41, 5.74) is 1.50. The van der Waals surface area contributed by atoms with Gasteiger partial charge < -0.3 is 19.7 Å². The summed E-state index contributed by atoms with van der Waals surface area (Å²) in [6.07, 6.45) is 3.02. The zero-order chi connectivity index (χ0) is 22.3. The summed E-state index contributed by atoms with van der Waals surface area (Å²) < 4.78 is 24.6. The number of hydrogen-bond acceptors (Lipinski definition) is 4. The number of likely N-dealkylation sites (N-methyl/N-ethyl adjacent to an activating group) is 1. The maximum absolute atomic E-state index is 13.5. The topological polar surface area (TPSA) is 50.8 Å². The zero-order valence-electron chi connectivity index (χ0n) is 17.9. The molecule has 0 heterocycles. The van der Waals surface area contributed by atoms with Gasteiger partial charge in [-0.1, -0.05) is 23.7 Å². The van der Waals surface area contributed by atoms with Gasteiger partial charge in [0.1, 0.15) is 5.82 Å². The van der Waals surface area contributed by atoms with Gasteiger partial charge in [-0.3, -0.25) is 4.79 Å². The quantitative estimate of drug-likeness (QED) is 0.581. The minimum Gasteiger partial charge on any atom is -0.493 e. The second-order valence-corrected chi connectivity index (χ2v) is 7.72. The summed E-state index contributed by atoms with van der Waals surface area (Å²) in [6, 6.07) is 9.68. The van der Waals surface area contributed by atoms with Crippen molar-refractivity contribution in [2.24, 2.45) is 0 Å². The normalized spacial score (nSPS) is 12.4. The van der Waals surface area contributed by atoms with Crippen LogP contribution in [0, 0.1) is 5.82 Å². The van der Waals surface area contributed by atoms with Crippen LogP contribution in [0.25, 0.3) is 6.08 Å². The molecule has 0 radical (unpaired) electrons. The van der Waals surface area contributed by atoms with E-state index in [-0.39, 0.29) is 23.9 Å². The molecule has 1 amide bonds. The predicted octanol–water partition coefficient (Wildman–Crippen LogP) is 4.71. The first-order chi connectivity index (χ1) is 14.2. The van der Waals surface area contributed by atoms with Crippen molar-refractivity contribution in [2.45, 2.75) is 26.0 Å². The van der Waals surface area contributed by atoms with E-state index < -0.39 is 0 Å². The van der Waals surface area contributed by atoms with Gasteiger partial charge in [0, 0.05) is 12.6 Å². The van der Waals surface area contributed by atoms with E-state index in [4.69, 9.17) is 21.1 Å². The number of methoxy groups -OCH3 is 1. The zero-order valence-corrected chi connectivity index (χ0v) is 18.7. The van der Waals surface area contributed by atoms with Crippen LogP contribution in [0.4, 0.5) is 4.39 Å². The first-order valence-corrected chi connectivity index (χ1v) is 10.0. The van der Waals surface area contributed by atoms with Crippen molar-refractivity contribution in [3.8, 4) is 11.5 Å². The number of rotatable bonds is 9. The van der Waals surface area contributed by atoms with Crippen LogP contribution in [0.1, 0.15) is 31.0 Å². The van der Waals surface area contributed by atoms with Gasteiger partial charge in [0.05, 0.1) is 24.3 Å². The molecule has 2 aromatic rings. The molecule has 0 saturated heterocycles.